The molecule has 0 N–H and O–H groups in total. The van der Waals surface area contributed by atoms with Crippen LogP contribution in [0.3, 0.4) is 0 Å². The van der Waals surface area contributed by atoms with E-state index in [0.29, 0.717) is 6.42 Å². The summed E-state index contributed by atoms with van der Waals surface area (Å²) in [7, 11) is 4.37. The molecule has 2 nitrogen and oxygen atoms in total. The molecule has 0 radical (unpaired) electrons. The summed E-state index contributed by atoms with van der Waals surface area (Å²) in [5.74, 6) is 1.33. The summed E-state index contributed by atoms with van der Waals surface area (Å²) in [4.78, 5) is 10.1. The highest BCUT2D eigenvalue weighted by Crippen LogP contribution is 1.77. The number of carbonyl (C=O) groups is 1. The van der Waals surface area contributed by atoms with Gasteiger partial charge in [0.2, 0.25) is 0 Å². The van der Waals surface area contributed by atoms with Crippen molar-refractivity contribution in [2.75, 3.05) is 7.11 Å². The van der Waals surface area contributed by atoms with E-state index in [1.54, 1.807) is 5.80 Å². The number of hydrogen-bond acceptors (Lipinski definition) is 2. The summed E-state index contributed by atoms with van der Waals surface area (Å²) in [6, 6.07) is 0. The smallest absolute Gasteiger partial charge is 0.309 e. The van der Waals surface area contributed by atoms with Crippen LogP contribution in [-0.2, 0) is 9.53 Å². The van der Waals surface area contributed by atoms with Gasteiger partial charge in [0.15, 0.2) is 0 Å². The van der Waals surface area contributed by atoms with Crippen molar-refractivity contribution in [2.45, 2.75) is 6.42 Å². The maximum atomic E-state index is 10.1. The van der Waals surface area contributed by atoms with E-state index in [1.165, 1.54) is 7.11 Å². The van der Waals surface area contributed by atoms with E-state index in [2.05, 4.69) is 13.6 Å². The Kier molecular flexibility index (Phi) is 3.62. The summed E-state index contributed by atoms with van der Waals surface area (Å²) >= 11 is 0. The molecule has 0 amide bonds. The van der Waals surface area contributed by atoms with E-state index >= 15 is 0 Å². The van der Waals surface area contributed by atoms with Gasteiger partial charge in [-0.15, -0.1) is 8.86 Å². The van der Waals surface area contributed by atoms with E-state index in [-0.39, 0.29) is 5.97 Å². The average molecular weight is 118 g/mol. The van der Waals surface area contributed by atoms with Crippen LogP contribution in [0.5, 0.6) is 0 Å². The molecular formula is C4H7O2P. The van der Waals surface area contributed by atoms with Crippen molar-refractivity contribution in [3.8, 4) is 0 Å². The molecule has 0 saturated carbocycles. The SMILES string of the molecule is COC(=O)CC=P. The van der Waals surface area contributed by atoms with Gasteiger partial charge in [0.1, 0.15) is 0 Å². The predicted molar refractivity (Wildman–Crippen MR) is 31.0 cm³/mol. The fraction of sp³-hybridized carbons (Fsp3) is 0.500. The Hall–Kier alpha value is -0.360. The van der Waals surface area contributed by atoms with Crippen molar-refractivity contribution >= 4 is 20.6 Å². The second-order valence-corrected chi connectivity index (χ2v) is 1.39. The number of methoxy groups -OCH3 is 1. The summed E-state index contributed by atoms with van der Waals surface area (Å²) < 4.78 is 4.29. The first-order valence-electron chi connectivity index (χ1n) is 1.87. The van der Waals surface area contributed by atoms with Gasteiger partial charge < -0.3 is 4.74 Å². The number of esters is 1. The van der Waals surface area contributed by atoms with E-state index in [1.807, 2.05) is 0 Å². The lowest BCUT2D eigenvalue weighted by atomic mass is 10.5. The van der Waals surface area contributed by atoms with Crippen molar-refractivity contribution in [1.29, 1.82) is 0 Å². The molecule has 40 valence electrons. The van der Waals surface area contributed by atoms with Gasteiger partial charge in [-0.1, -0.05) is 5.80 Å². The number of ether oxygens (including phenoxy) is 1. The Morgan fingerprint density at radius 1 is 2.00 bits per heavy atom. The Bertz CT molecular complexity index is 79.8. The molecule has 0 aromatic rings. The third-order valence-electron chi connectivity index (χ3n) is 0.496. The van der Waals surface area contributed by atoms with E-state index in [9.17, 15) is 4.79 Å². The molecule has 3 heteroatoms. The van der Waals surface area contributed by atoms with Gasteiger partial charge in [-0.25, -0.2) is 0 Å². The molecule has 0 heterocycles. The second kappa shape index (κ2) is 3.82. The van der Waals surface area contributed by atoms with Gasteiger partial charge in [0.25, 0.3) is 0 Å². The summed E-state index contributed by atoms with van der Waals surface area (Å²) in [5.41, 5.74) is 0. The third-order valence-corrected chi connectivity index (χ3v) is 0.701. The number of hydrogen-bond donors (Lipinski definition) is 0. The first-order valence-corrected chi connectivity index (χ1v) is 2.44. The average Bonchev–Trinajstić information content (AvgIpc) is 1.68. The summed E-state index contributed by atoms with van der Waals surface area (Å²) in [6.45, 7) is 0. The summed E-state index contributed by atoms with van der Waals surface area (Å²) in [5, 5.41) is 0. The van der Waals surface area contributed by atoms with Crippen LogP contribution in [0.25, 0.3) is 0 Å². The highest BCUT2D eigenvalue weighted by Gasteiger charge is 1.90. The Labute approximate surface area is 44.7 Å². The molecule has 0 aliphatic heterocycles. The normalized spacial score (nSPS) is 7.57. The first kappa shape index (κ1) is 6.64. The monoisotopic (exact) mass is 118 g/mol. The van der Waals surface area contributed by atoms with Crippen molar-refractivity contribution in [2.24, 2.45) is 0 Å². The molecule has 0 aromatic heterocycles. The Balaban J connectivity index is 3.17. The zero-order valence-corrected chi connectivity index (χ0v) is 5.10. The first-order chi connectivity index (χ1) is 3.31. The molecule has 0 spiro atoms. The van der Waals surface area contributed by atoms with Gasteiger partial charge >= 0.3 is 5.97 Å². The number of rotatable bonds is 2. The van der Waals surface area contributed by atoms with Crippen LogP contribution in [-0.4, -0.2) is 18.9 Å². The minimum Gasteiger partial charge on any atom is -0.469 e. The molecular weight excluding hydrogens is 111 g/mol. The highest BCUT2D eigenvalue weighted by atomic mass is 31.0. The van der Waals surface area contributed by atoms with Crippen LogP contribution in [0.4, 0.5) is 0 Å². The lowest BCUT2D eigenvalue weighted by Crippen LogP contribution is -1.98. The van der Waals surface area contributed by atoms with Crippen LogP contribution >= 0.6 is 8.86 Å². The van der Waals surface area contributed by atoms with Crippen molar-refractivity contribution in [3.05, 3.63) is 0 Å². The van der Waals surface area contributed by atoms with Crippen molar-refractivity contribution < 1.29 is 9.53 Å². The van der Waals surface area contributed by atoms with Crippen LogP contribution in [0.2, 0.25) is 0 Å². The molecule has 0 aliphatic rings. The van der Waals surface area contributed by atoms with E-state index in [0.717, 1.165) is 0 Å². The van der Waals surface area contributed by atoms with E-state index in [4.69, 9.17) is 0 Å². The van der Waals surface area contributed by atoms with E-state index < -0.39 is 0 Å². The largest absolute Gasteiger partial charge is 0.469 e. The van der Waals surface area contributed by atoms with Crippen LogP contribution in [0.1, 0.15) is 6.42 Å². The fourth-order valence-corrected chi connectivity index (χ4v) is 0.333. The maximum Gasteiger partial charge on any atom is 0.309 e. The molecule has 7 heavy (non-hydrogen) atoms. The molecule has 0 aliphatic carbocycles. The van der Waals surface area contributed by atoms with Crippen molar-refractivity contribution in [3.63, 3.8) is 0 Å². The molecule has 0 bridgehead atoms. The lowest BCUT2D eigenvalue weighted by molar-refractivity contribution is -0.139. The highest BCUT2D eigenvalue weighted by molar-refractivity contribution is 7.18. The fourth-order valence-electron chi connectivity index (χ4n) is 0.167. The van der Waals surface area contributed by atoms with Crippen LogP contribution < -0.4 is 0 Å². The number of carbonyl (C=O) groups excluding carboxylic acids is 1. The van der Waals surface area contributed by atoms with Crippen molar-refractivity contribution in [1.82, 2.24) is 0 Å². The summed E-state index contributed by atoms with van der Waals surface area (Å²) in [6.07, 6.45) is 0.327. The van der Waals surface area contributed by atoms with Gasteiger partial charge in [-0.05, 0) is 0 Å². The molecule has 0 atom stereocenters. The topological polar surface area (TPSA) is 26.3 Å². The van der Waals surface area contributed by atoms with Gasteiger partial charge in [0.05, 0.1) is 13.5 Å². The van der Waals surface area contributed by atoms with Crippen LogP contribution in [0, 0.1) is 0 Å². The van der Waals surface area contributed by atoms with Gasteiger partial charge in [0, 0.05) is 0 Å². The zero-order chi connectivity index (χ0) is 5.70. The third kappa shape index (κ3) is 3.47. The molecule has 0 unspecified atom stereocenters. The second-order valence-electron chi connectivity index (χ2n) is 0.984. The molecule has 0 saturated heterocycles. The predicted octanol–water partition coefficient (Wildman–Crippen LogP) is 0.494. The molecule has 0 fully saturated rings. The van der Waals surface area contributed by atoms with Gasteiger partial charge in [-0.3, -0.25) is 4.79 Å². The lowest BCUT2D eigenvalue weighted by Gasteiger charge is -1.88. The maximum absolute atomic E-state index is 10.1. The standard InChI is InChI=1S/C4H7O2P/c1-6-4(5)2-3-7/h3,7H,2H2,1H3. The van der Waals surface area contributed by atoms with Gasteiger partial charge in [-0.2, -0.15) is 0 Å². The minimum atomic E-state index is -0.227. The van der Waals surface area contributed by atoms with Crippen LogP contribution in [0.15, 0.2) is 0 Å². The molecule has 0 rings (SSSR count). The Morgan fingerprint density at radius 2 is 2.57 bits per heavy atom. The zero-order valence-electron chi connectivity index (χ0n) is 4.10. The Morgan fingerprint density at radius 3 is 2.71 bits per heavy atom. The molecule has 0 aromatic carbocycles. The quantitative estimate of drug-likeness (QED) is 0.389. The minimum absolute atomic E-state index is 0.227.